The molecule has 2 aliphatic rings. The molecule has 136 valence electrons. The van der Waals surface area contributed by atoms with Gasteiger partial charge in [0.2, 0.25) is 17.7 Å². The molecule has 0 radical (unpaired) electrons. The van der Waals surface area contributed by atoms with Crippen LogP contribution in [0.2, 0.25) is 0 Å². The first-order valence-corrected chi connectivity index (χ1v) is 9.31. The number of carbonyl (C=O) groups is 3. The van der Waals surface area contributed by atoms with Gasteiger partial charge in [-0.05, 0) is 11.6 Å². The fourth-order valence-electron chi connectivity index (χ4n) is 2.93. The topological polar surface area (TPSA) is 78.5 Å². The SMILES string of the molecule is Cl.O=C(CC1CSCCN1)Nc1ccccc1CN1C(=O)CCC1=O. The number of hydrogen-bond acceptors (Lipinski definition) is 5. The van der Waals surface area contributed by atoms with Gasteiger partial charge in [0.1, 0.15) is 0 Å². The van der Waals surface area contributed by atoms with Gasteiger partial charge < -0.3 is 10.6 Å². The molecule has 1 atom stereocenters. The molecule has 3 amide bonds. The van der Waals surface area contributed by atoms with Crippen molar-refractivity contribution >= 4 is 47.6 Å². The first-order chi connectivity index (χ1) is 11.6. The zero-order valence-corrected chi connectivity index (χ0v) is 15.5. The van der Waals surface area contributed by atoms with Crippen LogP contribution in [0.5, 0.6) is 0 Å². The average Bonchev–Trinajstić information content (AvgIpc) is 2.89. The van der Waals surface area contributed by atoms with E-state index >= 15 is 0 Å². The molecule has 8 heteroatoms. The highest BCUT2D eigenvalue weighted by molar-refractivity contribution is 7.99. The van der Waals surface area contributed by atoms with E-state index in [0.717, 1.165) is 23.6 Å². The molecule has 3 rings (SSSR count). The maximum Gasteiger partial charge on any atom is 0.229 e. The Kier molecular flexibility index (Phi) is 7.28. The number of imide groups is 1. The van der Waals surface area contributed by atoms with Crippen LogP contribution in [0.3, 0.4) is 0 Å². The molecular formula is C17H22ClN3O3S. The zero-order chi connectivity index (χ0) is 16.9. The summed E-state index contributed by atoms with van der Waals surface area (Å²) in [5.74, 6) is 1.67. The summed E-state index contributed by atoms with van der Waals surface area (Å²) in [7, 11) is 0. The summed E-state index contributed by atoms with van der Waals surface area (Å²) in [6.45, 7) is 1.14. The Morgan fingerprint density at radius 1 is 1.24 bits per heavy atom. The minimum Gasteiger partial charge on any atom is -0.326 e. The first-order valence-electron chi connectivity index (χ1n) is 8.15. The highest BCUT2D eigenvalue weighted by atomic mass is 35.5. The van der Waals surface area contributed by atoms with E-state index in [1.807, 2.05) is 30.0 Å². The average molecular weight is 384 g/mol. The van der Waals surface area contributed by atoms with Crippen LogP contribution >= 0.6 is 24.2 Å². The number of carbonyl (C=O) groups excluding carboxylic acids is 3. The fourth-order valence-corrected chi connectivity index (χ4v) is 3.87. The lowest BCUT2D eigenvalue weighted by atomic mass is 10.1. The van der Waals surface area contributed by atoms with E-state index in [-0.39, 0.29) is 55.6 Å². The molecule has 1 unspecified atom stereocenters. The molecule has 0 spiro atoms. The number of likely N-dealkylation sites (tertiary alicyclic amines) is 1. The Bertz CT molecular complexity index is 634. The number of thioether (sulfide) groups is 1. The summed E-state index contributed by atoms with van der Waals surface area (Å²) < 4.78 is 0. The number of rotatable bonds is 5. The molecule has 0 saturated carbocycles. The van der Waals surface area contributed by atoms with E-state index in [4.69, 9.17) is 0 Å². The Labute approximate surface area is 157 Å². The van der Waals surface area contributed by atoms with Crippen molar-refractivity contribution in [1.82, 2.24) is 10.2 Å². The van der Waals surface area contributed by atoms with Gasteiger partial charge >= 0.3 is 0 Å². The van der Waals surface area contributed by atoms with Gasteiger partial charge in [-0.15, -0.1) is 12.4 Å². The van der Waals surface area contributed by atoms with Gasteiger partial charge in [-0.25, -0.2) is 0 Å². The lowest BCUT2D eigenvalue weighted by Crippen LogP contribution is -2.40. The Hall–Kier alpha value is -1.57. The third-order valence-electron chi connectivity index (χ3n) is 4.20. The summed E-state index contributed by atoms with van der Waals surface area (Å²) in [4.78, 5) is 37.1. The molecule has 6 nitrogen and oxygen atoms in total. The quantitative estimate of drug-likeness (QED) is 0.758. The molecule has 1 aromatic rings. The number of amides is 3. The second-order valence-corrected chi connectivity index (χ2v) is 7.16. The summed E-state index contributed by atoms with van der Waals surface area (Å²) in [6, 6.07) is 7.51. The minimum atomic E-state index is -0.149. The maximum absolute atomic E-state index is 12.3. The molecular weight excluding hydrogens is 362 g/mol. The van der Waals surface area contributed by atoms with Crippen LogP contribution in [0.15, 0.2) is 24.3 Å². The van der Waals surface area contributed by atoms with Crippen molar-refractivity contribution in [3.8, 4) is 0 Å². The number of nitrogens with one attached hydrogen (secondary N) is 2. The zero-order valence-electron chi connectivity index (χ0n) is 13.8. The van der Waals surface area contributed by atoms with Crippen LogP contribution in [0.25, 0.3) is 0 Å². The van der Waals surface area contributed by atoms with E-state index in [0.29, 0.717) is 12.1 Å². The largest absolute Gasteiger partial charge is 0.326 e. The van der Waals surface area contributed by atoms with Gasteiger partial charge in [-0.2, -0.15) is 11.8 Å². The second kappa shape index (κ2) is 9.22. The predicted molar refractivity (Wildman–Crippen MR) is 101 cm³/mol. The second-order valence-electron chi connectivity index (χ2n) is 6.01. The molecule has 2 heterocycles. The summed E-state index contributed by atoms with van der Waals surface area (Å²) >= 11 is 1.85. The number of halogens is 1. The first kappa shape index (κ1) is 19.8. The molecule has 2 fully saturated rings. The van der Waals surface area contributed by atoms with Gasteiger partial charge in [0.05, 0.1) is 6.54 Å². The van der Waals surface area contributed by atoms with Crippen LogP contribution in [-0.2, 0) is 20.9 Å². The van der Waals surface area contributed by atoms with Crippen molar-refractivity contribution < 1.29 is 14.4 Å². The Balaban J connectivity index is 0.00000225. The van der Waals surface area contributed by atoms with Crippen LogP contribution < -0.4 is 10.6 Å². The molecule has 25 heavy (non-hydrogen) atoms. The van der Waals surface area contributed by atoms with Crippen molar-refractivity contribution in [1.29, 1.82) is 0 Å². The predicted octanol–water partition coefficient (Wildman–Crippen LogP) is 1.79. The van der Waals surface area contributed by atoms with Gasteiger partial charge in [0.15, 0.2) is 0 Å². The normalized spacial score (nSPS) is 20.3. The van der Waals surface area contributed by atoms with E-state index in [1.54, 1.807) is 6.07 Å². The lowest BCUT2D eigenvalue weighted by molar-refractivity contribution is -0.139. The number of nitrogens with zero attached hydrogens (tertiary/aromatic N) is 1. The minimum absolute atomic E-state index is 0. The molecule has 2 saturated heterocycles. The van der Waals surface area contributed by atoms with Crippen molar-refractivity contribution in [2.24, 2.45) is 0 Å². The van der Waals surface area contributed by atoms with Gasteiger partial charge in [0, 0.05) is 49.0 Å². The molecule has 0 aliphatic carbocycles. The number of hydrogen-bond donors (Lipinski definition) is 2. The van der Waals surface area contributed by atoms with E-state index in [2.05, 4.69) is 10.6 Å². The third-order valence-corrected chi connectivity index (χ3v) is 5.34. The molecule has 2 aliphatic heterocycles. The van der Waals surface area contributed by atoms with Crippen LogP contribution in [0.4, 0.5) is 5.69 Å². The van der Waals surface area contributed by atoms with E-state index < -0.39 is 0 Å². The van der Waals surface area contributed by atoms with Gasteiger partial charge in [-0.3, -0.25) is 19.3 Å². The third kappa shape index (κ3) is 5.20. The Morgan fingerprint density at radius 2 is 1.96 bits per heavy atom. The van der Waals surface area contributed by atoms with Crippen molar-refractivity contribution in [3.63, 3.8) is 0 Å². The van der Waals surface area contributed by atoms with Crippen LogP contribution in [0, 0.1) is 0 Å². The number of benzene rings is 1. The highest BCUT2D eigenvalue weighted by Gasteiger charge is 2.29. The molecule has 2 N–H and O–H groups in total. The smallest absolute Gasteiger partial charge is 0.229 e. The number of para-hydroxylation sites is 1. The highest BCUT2D eigenvalue weighted by Crippen LogP contribution is 2.22. The van der Waals surface area contributed by atoms with Gasteiger partial charge in [-0.1, -0.05) is 18.2 Å². The van der Waals surface area contributed by atoms with Crippen molar-refractivity contribution in [2.45, 2.75) is 31.8 Å². The lowest BCUT2D eigenvalue weighted by Gasteiger charge is -2.23. The van der Waals surface area contributed by atoms with Crippen molar-refractivity contribution in [2.75, 3.05) is 23.4 Å². The van der Waals surface area contributed by atoms with E-state index in [1.165, 1.54) is 4.90 Å². The molecule has 1 aromatic carbocycles. The standard InChI is InChI=1S/C17H21N3O3S.ClH/c21-15(9-13-11-24-8-7-18-13)19-14-4-2-1-3-12(14)10-20-16(22)5-6-17(20)23;/h1-4,13,18H,5-11H2,(H,19,21);1H. The monoisotopic (exact) mass is 383 g/mol. The van der Waals surface area contributed by atoms with Crippen LogP contribution in [0.1, 0.15) is 24.8 Å². The molecule has 0 aromatic heterocycles. The van der Waals surface area contributed by atoms with Crippen molar-refractivity contribution in [3.05, 3.63) is 29.8 Å². The number of anilines is 1. The molecule has 0 bridgehead atoms. The van der Waals surface area contributed by atoms with Gasteiger partial charge in [0.25, 0.3) is 0 Å². The maximum atomic E-state index is 12.3. The summed E-state index contributed by atoms with van der Waals surface area (Å²) in [5, 5.41) is 6.27. The van der Waals surface area contributed by atoms with Crippen LogP contribution in [-0.4, -0.2) is 46.7 Å². The Morgan fingerprint density at radius 3 is 2.64 bits per heavy atom. The summed E-state index contributed by atoms with van der Waals surface area (Å²) in [6.07, 6.45) is 0.972. The van der Waals surface area contributed by atoms with E-state index in [9.17, 15) is 14.4 Å². The fraction of sp³-hybridized carbons (Fsp3) is 0.471. The summed E-state index contributed by atoms with van der Waals surface area (Å²) in [5.41, 5.74) is 1.44.